The highest BCUT2D eigenvalue weighted by molar-refractivity contribution is 5.68. The lowest BCUT2D eigenvalue weighted by molar-refractivity contribution is -0.220. The van der Waals surface area contributed by atoms with Crippen molar-refractivity contribution in [3.05, 3.63) is 0 Å². The molecule has 9 nitrogen and oxygen atoms in total. The van der Waals surface area contributed by atoms with Crippen molar-refractivity contribution in [2.45, 2.75) is 0 Å². The van der Waals surface area contributed by atoms with E-state index in [1.165, 1.54) is 5.06 Å². The van der Waals surface area contributed by atoms with Crippen molar-refractivity contribution in [3.63, 3.8) is 0 Å². The molecular formula is C13H25NO8. The number of carboxylic acid groups (broad SMARTS) is 1. The number of aliphatic carboxylic acids is 1. The summed E-state index contributed by atoms with van der Waals surface area (Å²) in [6, 6.07) is 0. The van der Waals surface area contributed by atoms with E-state index in [2.05, 4.69) is 0 Å². The first-order chi connectivity index (χ1) is 10.8. The van der Waals surface area contributed by atoms with E-state index in [-0.39, 0.29) is 19.9 Å². The molecule has 1 N–H and O–H groups in total. The van der Waals surface area contributed by atoms with E-state index >= 15 is 0 Å². The molecule has 1 saturated heterocycles. The van der Waals surface area contributed by atoms with Crippen molar-refractivity contribution < 1.29 is 38.4 Å². The Bertz CT molecular complexity index is 261. The van der Waals surface area contributed by atoms with E-state index in [0.29, 0.717) is 59.5 Å². The van der Waals surface area contributed by atoms with Crippen LogP contribution in [0.5, 0.6) is 0 Å². The molecule has 1 heterocycles. The van der Waals surface area contributed by atoms with Gasteiger partial charge in [-0.05, 0) is 0 Å². The summed E-state index contributed by atoms with van der Waals surface area (Å²) in [5.41, 5.74) is 0. The standard InChI is InChI=1S/C13H25NO8/c15-13(16)11-14-12-21-8-7-19-4-3-17-1-2-18-5-6-20-9-10-22-14/h1-12H2,(H,15,16). The molecular weight excluding hydrogens is 298 g/mol. The van der Waals surface area contributed by atoms with Gasteiger partial charge in [-0.1, -0.05) is 0 Å². The Hall–Kier alpha value is -0.810. The number of carboxylic acids is 1. The fraction of sp³-hybridized carbons (Fsp3) is 0.923. The van der Waals surface area contributed by atoms with Gasteiger partial charge in [-0.15, -0.1) is 0 Å². The summed E-state index contributed by atoms with van der Waals surface area (Å²) in [4.78, 5) is 16.0. The Morgan fingerprint density at radius 1 is 0.727 bits per heavy atom. The molecule has 0 unspecified atom stereocenters. The molecule has 0 radical (unpaired) electrons. The van der Waals surface area contributed by atoms with Crippen LogP contribution in [0.25, 0.3) is 0 Å². The van der Waals surface area contributed by atoms with Crippen LogP contribution in [0.4, 0.5) is 0 Å². The Balaban J connectivity index is 2.25. The molecule has 0 saturated carbocycles. The number of carbonyl (C=O) groups is 1. The number of nitrogens with zero attached hydrogens (tertiary/aromatic N) is 1. The van der Waals surface area contributed by atoms with Crippen molar-refractivity contribution in [1.29, 1.82) is 0 Å². The quantitative estimate of drug-likeness (QED) is 0.711. The second-order valence-corrected chi connectivity index (χ2v) is 4.35. The maximum absolute atomic E-state index is 10.7. The number of hydrogen-bond donors (Lipinski definition) is 1. The molecule has 0 bridgehead atoms. The number of ether oxygens (including phenoxy) is 5. The van der Waals surface area contributed by atoms with Crippen molar-refractivity contribution in [3.8, 4) is 0 Å². The van der Waals surface area contributed by atoms with Gasteiger partial charge in [0, 0.05) is 0 Å². The van der Waals surface area contributed by atoms with E-state index in [1.54, 1.807) is 0 Å². The Morgan fingerprint density at radius 3 is 1.59 bits per heavy atom. The third-order valence-electron chi connectivity index (χ3n) is 2.54. The second kappa shape index (κ2) is 13.8. The van der Waals surface area contributed by atoms with Gasteiger partial charge in [0.15, 0.2) is 0 Å². The molecule has 1 aliphatic heterocycles. The van der Waals surface area contributed by atoms with Gasteiger partial charge in [-0.25, -0.2) is 0 Å². The molecule has 130 valence electrons. The van der Waals surface area contributed by atoms with Crippen LogP contribution in [-0.2, 0) is 33.3 Å². The Morgan fingerprint density at radius 2 is 1.14 bits per heavy atom. The van der Waals surface area contributed by atoms with Crippen LogP contribution in [0.15, 0.2) is 0 Å². The Labute approximate surface area is 129 Å². The monoisotopic (exact) mass is 323 g/mol. The van der Waals surface area contributed by atoms with Crippen LogP contribution in [0, 0.1) is 0 Å². The van der Waals surface area contributed by atoms with Crippen molar-refractivity contribution in [2.24, 2.45) is 0 Å². The SMILES string of the molecule is O=C(O)CN1COCCOCCOCCOCCOCCO1. The second-order valence-electron chi connectivity index (χ2n) is 4.35. The average Bonchev–Trinajstić information content (AvgIpc) is 2.48. The molecule has 22 heavy (non-hydrogen) atoms. The predicted octanol–water partition coefficient (Wildman–Crippen LogP) is -0.641. The average molecular weight is 323 g/mol. The van der Waals surface area contributed by atoms with Crippen LogP contribution < -0.4 is 0 Å². The molecule has 0 amide bonds. The molecule has 1 fully saturated rings. The highest BCUT2D eigenvalue weighted by Gasteiger charge is 2.10. The van der Waals surface area contributed by atoms with Gasteiger partial charge in [-0.3, -0.25) is 9.63 Å². The highest BCUT2D eigenvalue weighted by atomic mass is 16.7. The van der Waals surface area contributed by atoms with E-state index in [9.17, 15) is 4.79 Å². The zero-order valence-electron chi connectivity index (χ0n) is 12.7. The first-order valence-electron chi connectivity index (χ1n) is 7.27. The zero-order chi connectivity index (χ0) is 15.9. The first kappa shape index (κ1) is 19.2. The molecule has 0 spiro atoms. The third kappa shape index (κ3) is 11.8. The third-order valence-corrected chi connectivity index (χ3v) is 2.54. The number of hydrogen-bond acceptors (Lipinski definition) is 8. The van der Waals surface area contributed by atoms with Crippen LogP contribution in [-0.4, -0.2) is 95.5 Å². The van der Waals surface area contributed by atoms with Gasteiger partial charge in [0.25, 0.3) is 0 Å². The number of hydroxylamine groups is 2. The molecule has 0 atom stereocenters. The maximum atomic E-state index is 10.7. The molecule has 0 aromatic rings. The van der Waals surface area contributed by atoms with Crippen molar-refractivity contribution in [1.82, 2.24) is 5.06 Å². The molecule has 9 heteroatoms. The number of rotatable bonds is 2. The molecule has 1 rings (SSSR count). The van der Waals surface area contributed by atoms with E-state index < -0.39 is 5.97 Å². The fourth-order valence-corrected chi connectivity index (χ4v) is 1.55. The topological polar surface area (TPSA) is 95.9 Å². The lowest BCUT2D eigenvalue weighted by Crippen LogP contribution is -2.34. The first-order valence-corrected chi connectivity index (χ1v) is 7.27. The lowest BCUT2D eigenvalue weighted by Gasteiger charge is -2.20. The minimum absolute atomic E-state index is 0.0509. The molecule has 0 aromatic heterocycles. The van der Waals surface area contributed by atoms with Gasteiger partial charge in [0.1, 0.15) is 13.3 Å². The lowest BCUT2D eigenvalue weighted by atomic mass is 10.6. The minimum Gasteiger partial charge on any atom is -0.480 e. The van der Waals surface area contributed by atoms with Gasteiger partial charge >= 0.3 is 5.97 Å². The van der Waals surface area contributed by atoms with Crippen molar-refractivity contribution in [2.75, 3.05) is 79.3 Å². The summed E-state index contributed by atoms with van der Waals surface area (Å²) in [7, 11) is 0. The van der Waals surface area contributed by atoms with Gasteiger partial charge in [0.2, 0.25) is 0 Å². The largest absolute Gasteiger partial charge is 0.480 e. The minimum atomic E-state index is -0.992. The van der Waals surface area contributed by atoms with E-state index in [4.69, 9.17) is 33.6 Å². The summed E-state index contributed by atoms with van der Waals surface area (Å²) in [6.45, 7) is 4.05. The van der Waals surface area contributed by atoms with Crippen molar-refractivity contribution >= 4 is 5.97 Å². The normalized spacial score (nSPS) is 22.5. The molecule has 1 aliphatic rings. The van der Waals surface area contributed by atoms with Gasteiger partial charge < -0.3 is 28.8 Å². The molecule has 0 aromatic carbocycles. The summed E-state index contributed by atoms with van der Waals surface area (Å²) < 4.78 is 26.5. The van der Waals surface area contributed by atoms with E-state index in [0.717, 1.165) is 0 Å². The summed E-state index contributed by atoms with van der Waals surface area (Å²) in [5.74, 6) is -0.992. The van der Waals surface area contributed by atoms with Gasteiger partial charge in [-0.2, -0.15) is 5.06 Å². The highest BCUT2D eigenvalue weighted by Crippen LogP contribution is 1.93. The van der Waals surface area contributed by atoms with Crippen LogP contribution in [0.1, 0.15) is 0 Å². The smallest absolute Gasteiger partial charge is 0.320 e. The summed E-state index contributed by atoms with van der Waals surface area (Å²) >= 11 is 0. The van der Waals surface area contributed by atoms with Crippen LogP contribution in [0.2, 0.25) is 0 Å². The molecule has 0 aliphatic carbocycles. The zero-order valence-corrected chi connectivity index (χ0v) is 12.7. The summed E-state index contributed by atoms with van der Waals surface area (Å²) in [6.07, 6.45) is 0. The predicted molar refractivity (Wildman–Crippen MR) is 74.4 cm³/mol. The summed E-state index contributed by atoms with van der Waals surface area (Å²) in [5, 5.41) is 10.0. The van der Waals surface area contributed by atoms with Crippen LogP contribution >= 0.6 is 0 Å². The van der Waals surface area contributed by atoms with Crippen LogP contribution in [0.3, 0.4) is 0 Å². The van der Waals surface area contributed by atoms with E-state index in [1.807, 2.05) is 0 Å². The van der Waals surface area contributed by atoms with Gasteiger partial charge in [0.05, 0.1) is 66.1 Å². The fourth-order valence-electron chi connectivity index (χ4n) is 1.55. The Kier molecular flexibility index (Phi) is 12.1. The maximum Gasteiger partial charge on any atom is 0.320 e.